The van der Waals surface area contributed by atoms with Crippen molar-refractivity contribution in [3.05, 3.63) is 0 Å². The Kier molecular flexibility index (Phi) is 1.63. The summed E-state index contributed by atoms with van der Waals surface area (Å²) in [6.45, 7) is 2.40. The summed E-state index contributed by atoms with van der Waals surface area (Å²) in [5.41, 5.74) is 0. The molecule has 3 heteroatoms. The van der Waals surface area contributed by atoms with Crippen molar-refractivity contribution in [2.24, 2.45) is 0 Å². The average Bonchev–Trinajstić information content (AvgIpc) is 1.30. The molecule has 1 saturated heterocycles. The predicted molar refractivity (Wildman–Crippen MR) is 34.3 cm³/mol. The lowest BCUT2D eigenvalue weighted by Crippen LogP contribution is -1.64. The Bertz CT molecular complexity index is 31.9. The van der Waals surface area contributed by atoms with Crippen LogP contribution in [0, 0.1) is 0 Å². The van der Waals surface area contributed by atoms with Gasteiger partial charge in [-0.15, -0.1) is 0 Å². The number of hydrogen-bond donors (Lipinski definition) is 0. The highest BCUT2D eigenvalue weighted by atomic mass is 32.5. The Morgan fingerprint density at radius 2 is 2.00 bits per heavy atom. The minimum Gasteiger partial charge on any atom is -0.0876 e. The first-order valence-corrected chi connectivity index (χ1v) is 7.49. The molecule has 1 aliphatic heterocycles. The summed E-state index contributed by atoms with van der Waals surface area (Å²) in [6, 6.07) is 0. The Morgan fingerprint density at radius 3 is 2.00 bits per heavy atom. The second-order valence-corrected chi connectivity index (χ2v) is 11.5. The van der Waals surface area contributed by atoms with E-state index in [1.54, 1.807) is 5.90 Å². The van der Waals surface area contributed by atoms with E-state index in [0.29, 0.717) is 7.30 Å². The Balaban J connectivity index is 2.08. The Hall–Kier alpha value is 1.29. The van der Waals surface area contributed by atoms with Gasteiger partial charge >= 0.3 is 0 Å². The van der Waals surface area contributed by atoms with E-state index < -0.39 is 0 Å². The van der Waals surface area contributed by atoms with Gasteiger partial charge in [-0.1, -0.05) is 23.8 Å². The van der Waals surface area contributed by atoms with Crippen molar-refractivity contribution >= 4 is 23.8 Å². The molecule has 0 aliphatic carbocycles. The molecular weight excluding hydrogens is 117 g/mol. The molecule has 0 saturated carbocycles. The molecule has 5 heavy (non-hydrogen) atoms. The van der Waals surface area contributed by atoms with Crippen LogP contribution in [0.1, 0.15) is 0 Å². The average molecular weight is 124 g/mol. The summed E-state index contributed by atoms with van der Waals surface area (Å²) < 4.78 is 0. The van der Waals surface area contributed by atoms with Crippen LogP contribution in [0.4, 0.5) is 0 Å². The van der Waals surface area contributed by atoms with Gasteiger partial charge in [0.2, 0.25) is 0 Å². The largest absolute Gasteiger partial charge is 0.0876 e. The van der Waals surface area contributed by atoms with Crippen LogP contribution in [0.3, 0.4) is 0 Å². The van der Waals surface area contributed by atoms with Gasteiger partial charge in [0.25, 0.3) is 0 Å². The van der Waals surface area contributed by atoms with Crippen molar-refractivity contribution in [2.75, 3.05) is 12.6 Å². The van der Waals surface area contributed by atoms with Crippen molar-refractivity contribution < 1.29 is 0 Å². The summed E-state index contributed by atoms with van der Waals surface area (Å²) in [4.78, 5) is 0. The topological polar surface area (TPSA) is 0 Å². The van der Waals surface area contributed by atoms with Gasteiger partial charge in [-0.25, -0.2) is 0 Å². The number of rotatable bonds is 0. The molecular formula is C2H7P3. The molecule has 1 aliphatic rings. The molecule has 2 unspecified atom stereocenters. The van der Waals surface area contributed by atoms with Crippen LogP contribution in [0.2, 0.25) is 0 Å². The summed E-state index contributed by atoms with van der Waals surface area (Å²) in [5, 5.41) is 0. The lowest BCUT2D eigenvalue weighted by Gasteiger charge is -2.20. The summed E-state index contributed by atoms with van der Waals surface area (Å²) in [7, 11) is 3.38. The Morgan fingerprint density at radius 1 is 1.60 bits per heavy atom. The molecule has 1 rings (SSSR count). The number of hydrogen-bond acceptors (Lipinski definition) is 0. The van der Waals surface area contributed by atoms with E-state index >= 15 is 0 Å². The fraction of sp³-hybridized carbons (Fsp3) is 1.00. The quantitative estimate of drug-likeness (QED) is 0.434. The van der Waals surface area contributed by atoms with Gasteiger partial charge in [-0.2, -0.15) is 0 Å². The minimum absolute atomic E-state index is 0.638. The van der Waals surface area contributed by atoms with E-state index in [0.717, 1.165) is 0 Å². The van der Waals surface area contributed by atoms with Crippen LogP contribution < -0.4 is 0 Å². The Labute approximate surface area is 37.2 Å². The molecule has 0 aromatic rings. The molecule has 0 nitrogen and oxygen atoms in total. The lowest BCUT2D eigenvalue weighted by molar-refractivity contribution is 2.25. The third-order valence-electron chi connectivity index (χ3n) is 0.632. The molecule has 0 amide bonds. The van der Waals surface area contributed by atoms with Crippen LogP contribution in [0.15, 0.2) is 0 Å². The van der Waals surface area contributed by atoms with Crippen LogP contribution in [-0.2, 0) is 0 Å². The fourth-order valence-electron chi connectivity index (χ4n) is 0.237. The first-order valence-electron chi connectivity index (χ1n) is 1.60. The highest BCUT2D eigenvalue weighted by molar-refractivity contribution is 8.59. The third-order valence-corrected chi connectivity index (χ3v) is 11.4. The fourth-order valence-corrected chi connectivity index (χ4v) is 6.40. The predicted octanol–water partition coefficient (Wildman–Crippen LogP) is 2.26. The minimum atomic E-state index is 0.638. The zero-order valence-electron chi connectivity index (χ0n) is 3.15. The molecule has 2 atom stereocenters. The van der Waals surface area contributed by atoms with E-state index in [1.165, 1.54) is 16.5 Å². The molecule has 1 fully saturated rings. The van der Waals surface area contributed by atoms with Gasteiger partial charge in [0, 0.05) is 0 Å². The van der Waals surface area contributed by atoms with Crippen molar-refractivity contribution in [3.8, 4) is 0 Å². The van der Waals surface area contributed by atoms with Gasteiger partial charge < -0.3 is 0 Å². The van der Waals surface area contributed by atoms with Gasteiger partial charge in [0.1, 0.15) is 0 Å². The molecule has 0 radical (unpaired) electrons. The van der Waals surface area contributed by atoms with Crippen molar-refractivity contribution in [1.29, 1.82) is 0 Å². The van der Waals surface area contributed by atoms with Gasteiger partial charge in [0.15, 0.2) is 0 Å². The second kappa shape index (κ2) is 1.83. The summed E-state index contributed by atoms with van der Waals surface area (Å²) >= 11 is 0. The van der Waals surface area contributed by atoms with Crippen LogP contribution in [0.25, 0.3) is 0 Å². The van der Waals surface area contributed by atoms with E-state index in [-0.39, 0.29) is 0 Å². The molecule has 0 N–H and O–H groups in total. The maximum Gasteiger partial charge on any atom is -0.00919 e. The van der Waals surface area contributed by atoms with Gasteiger partial charge in [-0.05, 0) is 12.6 Å². The van der Waals surface area contributed by atoms with E-state index in [9.17, 15) is 0 Å². The summed E-state index contributed by atoms with van der Waals surface area (Å²) in [5.74, 6) is 1.57. The van der Waals surface area contributed by atoms with Crippen molar-refractivity contribution in [1.82, 2.24) is 0 Å². The molecule has 0 bridgehead atoms. The first kappa shape index (κ1) is 4.45. The second-order valence-electron chi connectivity index (χ2n) is 1.05. The van der Waals surface area contributed by atoms with E-state index in [1.807, 2.05) is 0 Å². The highest BCUT2D eigenvalue weighted by Crippen LogP contribution is 2.79. The van der Waals surface area contributed by atoms with E-state index in [4.69, 9.17) is 0 Å². The summed E-state index contributed by atoms with van der Waals surface area (Å²) in [6.07, 6.45) is 0. The molecule has 1 heterocycles. The molecule has 30 valence electrons. The SMILES string of the molecule is CP1PCP1. The zero-order valence-corrected chi connectivity index (χ0v) is 6.05. The van der Waals surface area contributed by atoms with Gasteiger partial charge in [-0.3, -0.25) is 0 Å². The molecule has 0 aromatic heterocycles. The molecule has 0 spiro atoms. The maximum atomic E-state index is 2.40. The van der Waals surface area contributed by atoms with Crippen molar-refractivity contribution in [3.63, 3.8) is 0 Å². The zero-order chi connectivity index (χ0) is 3.70. The third kappa shape index (κ3) is 1.08. The highest BCUT2D eigenvalue weighted by Gasteiger charge is 2.08. The maximum absolute atomic E-state index is 2.40. The van der Waals surface area contributed by atoms with Crippen molar-refractivity contribution in [2.45, 2.75) is 0 Å². The van der Waals surface area contributed by atoms with Crippen LogP contribution in [-0.4, -0.2) is 12.6 Å². The molecule has 0 aromatic carbocycles. The van der Waals surface area contributed by atoms with E-state index in [2.05, 4.69) is 6.66 Å². The smallest absolute Gasteiger partial charge is 0.00919 e. The first-order chi connectivity index (χ1) is 2.39. The van der Waals surface area contributed by atoms with Crippen LogP contribution >= 0.6 is 23.8 Å². The van der Waals surface area contributed by atoms with Gasteiger partial charge in [0.05, 0.1) is 0 Å². The standard InChI is InChI=1S/C2H7P3/c1-5-3-2-4-5/h3-4H,2H2,1H3. The normalized spacial score (nSPS) is 46.2. The monoisotopic (exact) mass is 124 g/mol. The van der Waals surface area contributed by atoms with Crippen LogP contribution in [0.5, 0.6) is 0 Å². The lowest BCUT2D eigenvalue weighted by atomic mass is 11.9.